The van der Waals surface area contributed by atoms with Crippen molar-refractivity contribution in [2.75, 3.05) is 16.6 Å². The van der Waals surface area contributed by atoms with Gasteiger partial charge in [0.05, 0.1) is 23.4 Å². The molecule has 0 atom stereocenters. The Kier molecular flexibility index (Phi) is 6.42. The third kappa shape index (κ3) is 5.00. The highest BCUT2D eigenvalue weighted by Gasteiger charge is 2.25. The first-order valence-electron chi connectivity index (χ1n) is 9.19. The van der Waals surface area contributed by atoms with E-state index in [1.807, 2.05) is 0 Å². The topological polar surface area (TPSA) is 102 Å². The summed E-state index contributed by atoms with van der Waals surface area (Å²) in [5, 5.41) is 0. The zero-order valence-corrected chi connectivity index (χ0v) is 18.9. The molecule has 3 rings (SSSR count). The number of ether oxygens (including phenoxy) is 1. The van der Waals surface area contributed by atoms with Crippen molar-refractivity contribution in [3.05, 3.63) is 77.4 Å². The molecule has 3 aromatic carbocycles. The predicted octanol–water partition coefficient (Wildman–Crippen LogP) is 4.19. The zero-order valence-electron chi connectivity index (χ0n) is 17.3. The minimum Gasteiger partial charge on any atom is -0.495 e. The number of anilines is 2. The fourth-order valence-corrected chi connectivity index (χ4v) is 5.17. The summed E-state index contributed by atoms with van der Waals surface area (Å²) in [5.41, 5.74) is 0.597. The lowest BCUT2D eigenvalue weighted by atomic mass is 10.2. The first-order valence-corrected chi connectivity index (χ1v) is 12.2. The summed E-state index contributed by atoms with van der Waals surface area (Å²) in [7, 11) is -7.38. The molecule has 11 heteroatoms. The highest BCUT2D eigenvalue weighted by atomic mass is 32.2. The number of benzene rings is 3. The Morgan fingerprint density at radius 1 is 0.719 bits per heavy atom. The van der Waals surface area contributed by atoms with Gasteiger partial charge < -0.3 is 4.74 Å². The second kappa shape index (κ2) is 8.75. The average Bonchev–Trinajstić information content (AvgIpc) is 2.72. The summed E-state index contributed by atoms with van der Waals surface area (Å²) in [5.74, 6) is -1.33. The Hall–Kier alpha value is -3.18. The molecule has 0 radical (unpaired) electrons. The molecule has 7 nitrogen and oxygen atoms in total. The van der Waals surface area contributed by atoms with E-state index >= 15 is 0 Å². The number of sulfonamides is 2. The van der Waals surface area contributed by atoms with Crippen LogP contribution in [0.2, 0.25) is 0 Å². The largest absolute Gasteiger partial charge is 0.495 e. The SMILES string of the molecule is COc1ccc(S(=O)(=O)Nc2ccc(C)c(F)c2)cc1S(=O)(=O)Nc1ccc(C)c(F)c1. The Bertz CT molecular complexity index is 1390. The van der Waals surface area contributed by atoms with Crippen LogP contribution in [0.4, 0.5) is 20.2 Å². The first kappa shape index (κ1) is 23.5. The van der Waals surface area contributed by atoms with Crippen LogP contribution in [-0.2, 0) is 20.0 Å². The number of halogens is 2. The Morgan fingerprint density at radius 2 is 1.22 bits per heavy atom. The minimum absolute atomic E-state index is 0.0263. The maximum atomic E-state index is 13.8. The standard InChI is InChI=1S/C21H20F2N2O5S2/c1-13-4-6-15(10-18(13)22)24-31(26,27)17-8-9-20(30-3)21(12-17)32(28,29)25-16-7-5-14(2)19(23)11-16/h4-12,24-25H,1-3H3. The molecular weight excluding hydrogens is 462 g/mol. The highest BCUT2D eigenvalue weighted by Crippen LogP contribution is 2.30. The number of rotatable bonds is 7. The molecule has 0 aromatic heterocycles. The van der Waals surface area contributed by atoms with Crippen LogP contribution in [-0.4, -0.2) is 23.9 Å². The Labute approximate surface area is 185 Å². The molecule has 32 heavy (non-hydrogen) atoms. The van der Waals surface area contributed by atoms with Gasteiger partial charge in [-0.1, -0.05) is 12.1 Å². The fraction of sp³-hybridized carbons (Fsp3) is 0.143. The van der Waals surface area contributed by atoms with Gasteiger partial charge in [-0.15, -0.1) is 0 Å². The van der Waals surface area contributed by atoms with Gasteiger partial charge in [0, 0.05) is 0 Å². The van der Waals surface area contributed by atoms with Crippen molar-refractivity contribution in [3.8, 4) is 5.75 Å². The molecule has 0 bridgehead atoms. The summed E-state index contributed by atoms with van der Waals surface area (Å²) in [6.45, 7) is 3.05. The van der Waals surface area contributed by atoms with Crippen molar-refractivity contribution in [3.63, 3.8) is 0 Å². The molecule has 0 aliphatic carbocycles. The van der Waals surface area contributed by atoms with Crippen molar-refractivity contribution in [1.82, 2.24) is 0 Å². The van der Waals surface area contributed by atoms with Crippen LogP contribution in [0.15, 0.2) is 64.4 Å². The third-order valence-corrected chi connectivity index (χ3v) is 7.36. The summed E-state index contributed by atoms with van der Waals surface area (Å²) >= 11 is 0. The summed E-state index contributed by atoms with van der Waals surface area (Å²) < 4.78 is 88.5. The third-order valence-electron chi connectivity index (χ3n) is 4.58. The molecule has 170 valence electrons. The smallest absolute Gasteiger partial charge is 0.265 e. The molecule has 0 aliphatic rings. The van der Waals surface area contributed by atoms with Crippen molar-refractivity contribution in [2.24, 2.45) is 0 Å². The van der Waals surface area contributed by atoms with Crippen LogP contribution < -0.4 is 14.2 Å². The Morgan fingerprint density at radius 3 is 1.69 bits per heavy atom. The molecule has 0 saturated carbocycles. The number of hydrogen-bond donors (Lipinski definition) is 2. The van der Waals surface area contributed by atoms with Gasteiger partial charge in [-0.05, 0) is 67.4 Å². The number of hydrogen-bond acceptors (Lipinski definition) is 5. The summed E-state index contributed by atoms with van der Waals surface area (Å²) in [6.07, 6.45) is 0. The van der Waals surface area contributed by atoms with E-state index in [4.69, 9.17) is 4.74 Å². The lowest BCUT2D eigenvalue weighted by molar-refractivity contribution is 0.402. The van der Waals surface area contributed by atoms with E-state index in [1.54, 1.807) is 0 Å². The second-order valence-corrected chi connectivity index (χ2v) is 10.3. The van der Waals surface area contributed by atoms with Crippen LogP contribution in [0, 0.1) is 25.5 Å². The first-order chi connectivity index (χ1) is 14.9. The van der Waals surface area contributed by atoms with Crippen molar-refractivity contribution in [2.45, 2.75) is 23.6 Å². The quantitative estimate of drug-likeness (QED) is 0.526. The molecule has 0 fully saturated rings. The van der Waals surface area contributed by atoms with Crippen LogP contribution in [0.3, 0.4) is 0 Å². The van der Waals surface area contributed by atoms with Crippen LogP contribution in [0.1, 0.15) is 11.1 Å². The minimum atomic E-state index is -4.35. The lowest BCUT2D eigenvalue weighted by Crippen LogP contribution is -2.17. The van der Waals surface area contributed by atoms with Gasteiger partial charge >= 0.3 is 0 Å². The van der Waals surface area contributed by atoms with Crippen molar-refractivity contribution in [1.29, 1.82) is 0 Å². The summed E-state index contributed by atoms with van der Waals surface area (Å²) in [4.78, 5) is -0.867. The van der Waals surface area contributed by atoms with E-state index in [0.717, 1.165) is 24.3 Å². The van der Waals surface area contributed by atoms with Crippen LogP contribution >= 0.6 is 0 Å². The number of nitrogens with one attached hydrogen (secondary N) is 2. The highest BCUT2D eigenvalue weighted by molar-refractivity contribution is 7.93. The van der Waals surface area contributed by atoms with Crippen LogP contribution in [0.25, 0.3) is 0 Å². The molecule has 0 amide bonds. The van der Waals surface area contributed by atoms with Crippen molar-refractivity contribution >= 4 is 31.4 Å². The molecule has 0 aliphatic heterocycles. The van der Waals surface area contributed by atoms with E-state index in [2.05, 4.69) is 9.44 Å². The van der Waals surface area contributed by atoms with Gasteiger partial charge in [-0.25, -0.2) is 25.6 Å². The monoisotopic (exact) mass is 482 g/mol. The molecule has 0 saturated heterocycles. The fourth-order valence-electron chi connectivity index (χ4n) is 2.77. The van der Waals surface area contributed by atoms with E-state index in [1.165, 1.54) is 51.3 Å². The van der Waals surface area contributed by atoms with Gasteiger partial charge in [0.15, 0.2) is 0 Å². The normalized spacial score (nSPS) is 11.8. The van der Waals surface area contributed by atoms with E-state index in [9.17, 15) is 25.6 Å². The van der Waals surface area contributed by atoms with Gasteiger partial charge in [0.1, 0.15) is 22.3 Å². The summed E-state index contributed by atoms with van der Waals surface area (Å²) in [6, 6.07) is 10.8. The molecule has 2 N–H and O–H groups in total. The van der Waals surface area contributed by atoms with E-state index in [0.29, 0.717) is 11.1 Å². The molecule has 3 aromatic rings. The molecule has 0 spiro atoms. The maximum Gasteiger partial charge on any atom is 0.265 e. The number of methoxy groups -OCH3 is 1. The van der Waals surface area contributed by atoms with E-state index in [-0.39, 0.29) is 17.1 Å². The maximum absolute atomic E-state index is 13.8. The predicted molar refractivity (Wildman–Crippen MR) is 117 cm³/mol. The number of aryl methyl sites for hydroxylation is 2. The molecular formula is C21H20F2N2O5S2. The van der Waals surface area contributed by atoms with E-state index < -0.39 is 41.5 Å². The molecule has 0 heterocycles. The van der Waals surface area contributed by atoms with Crippen LogP contribution in [0.5, 0.6) is 5.75 Å². The van der Waals surface area contributed by atoms with Gasteiger partial charge in [-0.2, -0.15) is 0 Å². The average molecular weight is 483 g/mol. The van der Waals surface area contributed by atoms with Gasteiger partial charge in [-0.3, -0.25) is 9.44 Å². The lowest BCUT2D eigenvalue weighted by Gasteiger charge is -2.14. The second-order valence-electron chi connectivity index (χ2n) is 6.95. The van der Waals surface area contributed by atoms with Gasteiger partial charge in [0.2, 0.25) is 0 Å². The molecule has 0 unspecified atom stereocenters. The van der Waals surface area contributed by atoms with Gasteiger partial charge in [0.25, 0.3) is 20.0 Å². The van der Waals surface area contributed by atoms with Crippen molar-refractivity contribution < 1.29 is 30.4 Å². The zero-order chi connectivity index (χ0) is 23.7. The Balaban J connectivity index is 2.00.